The first-order valence-corrected chi connectivity index (χ1v) is 7.07. The third kappa shape index (κ3) is 4.83. The van der Waals surface area contributed by atoms with E-state index >= 15 is 0 Å². The predicted molar refractivity (Wildman–Crippen MR) is 78.0 cm³/mol. The van der Waals surface area contributed by atoms with Crippen molar-refractivity contribution in [2.24, 2.45) is 5.92 Å². The quantitative estimate of drug-likeness (QED) is 0.807. The fraction of sp³-hybridized carbons (Fsp3) is 0.533. The molecule has 2 N–H and O–H groups in total. The van der Waals surface area contributed by atoms with Crippen LogP contribution in [0.25, 0.3) is 0 Å². The van der Waals surface area contributed by atoms with Gasteiger partial charge in [-0.2, -0.15) is 5.26 Å². The van der Waals surface area contributed by atoms with Gasteiger partial charge in [-0.1, -0.05) is 44.4 Å². The Kier molecular flexibility index (Phi) is 6.86. The van der Waals surface area contributed by atoms with Crippen LogP contribution in [0.3, 0.4) is 0 Å². The zero-order valence-electron chi connectivity index (χ0n) is 11.5. The third-order valence-corrected chi connectivity index (χ3v) is 3.80. The van der Waals surface area contributed by atoms with E-state index in [1.54, 1.807) is 12.1 Å². The Bertz CT molecular complexity index is 438. The Hall–Kier alpha value is -1.08. The summed E-state index contributed by atoms with van der Waals surface area (Å²) in [6.07, 6.45) is 1.64. The average Bonchev–Trinajstić information content (AvgIpc) is 2.42. The molecule has 3 nitrogen and oxygen atoms in total. The first kappa shape index (κ1) is 16.0. The molecule has 0 aliphatic heterocycles. The summed E-state index contributed by atoms with van der Waals surface area (Å²) < 4.78 is 0. The summed E-state index contributed by atoms with van der Waals surface area (Å²) in [5.74, 6) is 0.337. The molecule has 0 amide bonds. The largest absolute Gasteiger partial charge is 0.392 e. The van der Waals surface area contributed by atoms with Crippen molar-refractivity contribution in [3.8, 4) is 6.07 Å². The lowest BCUT2D eigenvalue weighted by Crippen LogP contribution is -2.32. The van der Waals surface area contributed by atoms with Gasteiger partial charge in [0.2, 0.25) is 0 Å². The minimum Gasteiger partial charge on any atom is -0.392 e. The van der Waals surface area contributed by atoms with Crippen LogP contribution in [-0.4, -0.2) is 17.8 Å². The molecule has 0 aromatic heterocycles. The van der Waals surface area contributed by atoms with Crippen LogP contribution < -0.4 is 5.32 Å². The molecule has 104 valence electrons. The smallest absolute Gasteiger partial charge is 0.0992 e. The van der Waals surface area contributed by atoms with Crippen molar-refractivity contribution >= 4 is 11.6 Å². The molecule has 19 heavy (non-hydrogen) atoms. The van der Waals surface area contributed by atoms with E-state index in [4.69, 9.17) is 16.9 Å². The molecule has 1 aromatic carbocycles. The van der Waals surface area contributed by atoms with Gasteiger partial charge in [0.1, 0.15) is 0 Å². The topological polar surface area (TPSA) is 56.0 Å². The van der Waals surface area contributed by atoms with Gasteiger partial charge in [0.25, 0.3) is 0 Å². The number of hydrogen-bond acceptors (Lipinski definition) is 3. The van der Waals surface area contributed by atoms with E-state index in [9.17, 15) is 5.11 Å². The van der Waals surface area contributed by atoms with E-state index < -0.39 is 0 Å². The highest BCUT2D eigenvalue weighted by atomic mass is 35.5. The summed E-state index contributed by atoms with van der Waals surface area (Å²) in [5.41, 5.74) is 1.50. The van der Waals surface area contributed by atoms with Crippen LogP contribution in [0, 0.1) is 17.2 Å². The van der Waals surface area contributed by atoms with E-state index in [-0.39, 0.29) is 6.10 Å². The lowest BCUT2D eigenvalue weighted by atomic mass is 9.96. The second kappa shape index (κ2) is 8.16. The molecule has 0 aliphatic carbocycles. The number of aliphatic hydroxyl groups is 1. The van der Waals surface area contributed by atoms with Crippen molar-refractivity contribution in [1.82, 2.24) is 5.32 Å². The molecule has 1 aromatic rings. The Morgan fingerprint density at radius 2 is 2.05 bits per heavy atom. The third-order valence-electron chi connectivity index (χ3n) is 3.44. The van der Waals surface area contributed by atoms with E-state index in [0.29, 0.717) is 29.6 Å². The highest BCUT2D eigenvalue weighted by Crippen LogP contribution is 2.18. The summed E-state index contributed by atoms with van der Waals surface area (Å²) in [5, 5.41) is 22.6. The van der Waals surface area contributed by atoms with Crippen LogP contribution in [0.5, 0.6) is 0 Å². The van der Waals surface area contributed by atoms with Crippen LogP contribution in [0.15, 0.2) is 18.2 Å². The first-order chi connectivity index (χ1) is 9.12. The van der Waals surface area contributed by atoms with Gasteiger partial charge in [0, 0.05) is 18.1 Å². The molecule has 0 saturated heterocycles. The van der Waals surface area contributed by atoms with Crippen molar-refractivity contribution in [3.63, 3.8) is 0 Å². The van der Waals surface area contributed by atoms with Gasteiger partial charge in [0.15, 0.2) is 0 Å². The number of hydrogen-bond donors (Lipinski definition) is 2. The summed E-state index contributed by atoms with van der Waals surface area (Å²) in [6.45, 7) is 5.34. The van der Waals surface area contributed by atoms with E-state index in [1.807, 2.05) is 6.07 Å². The summed E-state index contributed by atoms with van der Waals surface area (Å²) in [7, 11) is 0. The van der Waals surface area contributed by atoms with Gasteiger partial charge in [0.05, 0.1) is 17.7 Å². The minimum atomic E-state index is -0.327. The zero-order chi connectivity index (χ0) is 14.3. The van der Waals surface area contributed by atoms with Crippen LogP contribution in [-0.2, 0) is 6.54 Å². The number of benzene rings is 1. The number of nitrogens with one attached hydrogen (secondary N) is 1. The van der Waals surface area contributed by atoms with Crippen LogP contribution in [0.1, 0.15) is 37.8 Å². The number of nitriles is 1. The van der Waals surface area contributed by atoms with Crippen LogP contribution in [0.4, 0.5) is 0 Å². The second-order valence-corrected chi connectivity index (χ2v) is 5.10. The Balaban J connectivity index is 2.47. The molecule has 0 radical (unpaired) electrons. The first-order valence-electron chi connectivity index (χ1n) is 6.69. The number of halogens is 1. The molecule has 4 heteroatoms. The lowest BCUT2D eigenvalue weighted by molar-refractivity contribution is 0.101. The van der Waals surface area contributed by atoms with Crippen molar-refractivity contribution in [2.45, 2.75) is 39.3 Å². The standard InChI is InChI=1S/C15H21ClN2O/c1-3-12(4-2)15(19)10-18-9-13-6-5-11(8-17)7-14(13)16/h5-7,12,15,18-19H,3-4,9-10H2,1-2H3. The second-order valence-electron chi connectivity index (χ2n) is 4.69. The average molecular weight is 281 g/mol. The van der Waals surface area contributed by atoms with Gasteiger partial charge in [-0.3, -0.25) is 0 Å². The van der Waals surface area contributed by atoms with Gasteiger partial charge >= 0.3 is 0 Å². The molecule has 0 spiro atoms. The fourth-order valence-electron chi connectivity index (χ4n) is 2.11. The maximum Gasteiger partial charge on any atom is 0.0992 e. The van der Waals surface area contributed by atoms with Gasteiger partial charge in [-0.15, -0.1) is 0 Å². The minimum absolute atomic E-state index is 0.327. The zero-order valence-corrected chi connectivity index (χ0v) is 12.2. The maximum absolute atomic E-state index is 10.00. The highest BCUT2D eigenvalue weighted by Gasteiger charge is 2.14. The van der Waals surface area contributed by atoms with Crippen molar-refractivity contribution in [2.75, 3.05) is 6.54 Å². The number of aliphatic hydroxyl groups excluding tert-OH is 1. The van der Waals surface area contributed by atoms with E-state index in [2.05, 4.69) is 25.2 Å². The van der Waals surface area contributed by atoms with Crippen LogP contribution >= 0.6 is 11.6 Å². The van der Waals surface area contributed by atoms with E-state index in [1.165, 1.54) is 0 Å². The Morgan fingerprint density at radius 3 is 2.58 bits per heavy atom. The summed E-state index contributed by atoms with van der Waals surface area (Å²) in [6, 6.07) is 7.31. The van der Waals surface area contributed by atoms with Crippen molar-refractivity contribution in [3.05, 3.63) is 34.3 Å². The van der Waals surface area contributed by atoms with Crippen LogP contribution in [0.2, 0.25) is 5.02 Å². The van der Waals surface area contributed by atoms with Gasteiger partial charge in [-0.25, -0.2) is 0 Å². The predicted octanol–water partition coefficient (Wildman–Crippen LogP) is 3.10. The SMILES string of the molecule is CCC(CC)C(O)CNCc1ccc(C#N)cc1Cl. The van der Waals surface area contributed by atoms with E-state index in [0.717, 1.165) is 18.4 Å². The molecule has 1 rings (SSSR count). The number of nitrogens with zero attached hydrogens (tertiary/aromatic N) is 1. The molecule has 0 heterocycles. The molecule has 0 fully saturated rings. The molecule has 0 aliphatic rings. The molecular weight excluding hydrogens is 260 g/mol. The normalized spacial score (nSPS) is 12.4. The lowest BCUT2D eigenvalue weighted by Gasteiger charge is -2.20. The highest BCUT2D eigenvalue weighted by molar-refractivity contribution is 6.31. The fourth-order valence-corrected chi connectivity index (χ4v) is 2.36. The van der Waals surface area contributed by atoms with Gasteiger partial charge in [-0.05, 0) is 23.6 Å². The molecule has 1 atom stereocenters. The Morgan fingerprint density at radius 1 is 1.37 bits per heavy atom. The molecule has 0 saturated carbocycles. The van der Waals surface area contributed by atoms with Crippen molar-refractivity contribution < 1.29 is 5.11 Å². The molecule has 0 bridgehead atoms. The summed E-state index contributed by atoms with van der Waals surface area (Å²) >= 11 is 6.09. The molecule has 1 unspecified atom stereocenters. The van der Waals surface area contributed by atoms with Crippen molar-refractivity contribution in [1.29, 1.82) is 5.26 Å². The number of rotatable bonds is 7. The van der Waals surface area contributed by atoms with Gasteiger partial charge < -0.3 is 10.4 Å². The maximum atomic E-state index is 10.00. The Labute approximate surface area is 120 Å². The molecular formula is C15H21ClN2O. The summed E-state index contributed by atoms with van der Waals surface area (Å²) in [4.78, 5) is 0. The monoisotopic (exact) mass is 280 g/mol.